The van der Waals surface area contributed by atoms with Crippen LogP contribution in [0.1, 0.15) is 13.8 Å². The lowest BCUT2D eigenvalue weighted by Gasteiger charge is -2.02. The van der Waals surface area contributed by atoms with Gasteiger partial charge in [-0.1, -0.05) is 0 Å². The van der Waals surface area contributed by atoms with E-state index in [0.717, 1.165) is 0 Å². The first-order valence-electron chi connectivity index (χ1n) is 2.31. The molecule has 1 atom stereocenters. The van der Waals surface area contributed by atoms with Crippen LogP contribution in [-0.4, -0.2) is 12.8 Å². The van der Waals surface area contributed by atoms with Crippen molar-refractivity contribution in [2.24, 2.45) is 5.73 Å². The van der Waals surface area contributed by atoms with Crippen LogP contribution >= 0.6 is 0 Å². The van der Waals surface area contributed by atoms with Crippen LogP contribution in [0.15, 0.2) is 0 Å². The van der Waals surface area contributed by atoms with Crippen LogP contribution < -0.4 is 5.73 Å². The van der Waals surface area contributed by atoms with Crippen LogP contribution in [0.5, 0.6) is 0 Å². The second-order valence-electron chi connectivity index (χ2n) is 1.21. The highest BCUT2D eigenvalue weighted by molar-refractivity contribution is 4.21. The van der Waals surface area contributed by atoms with E-state index in [1.165, 1.54) is 0 Å². The Labute approximate surface area is 43.3 Å². The van der Waals surface area contributed by atoms with Crippen LogP contribution in [0.4, 0.5) is 0 Å². The zero-order valence-electron chi connectivity index (χ0n) is 4.68. The first-order valence-corrected chi connectivity index (χ1v) is 2.31. The highest BCUT2D eigenvalue weighted by Crippen LogP contribution is 1.79. The highest BCUT2D eigenvalue weighted by Gasteiger charge is 1.88. The Morgan fingerprint density at radius 2 is 2.29 bits per heavy atom. The largest absolute Gasteiger partial charge is 0.304 e. The molecule has 0 rings (SSSR count). The average molecular weight is 105 g/mol. The van der Waals surface area contributed by atoms with Crippen molar-refractivity contribution in [1.82, 2.24) is 0 Å². The van der Waals surface area contributed by atoms with Crippen LogP contribution in [0.2, 0.25) is 0 Å². The zero-order valence-corrected chi connectivity index (χ0v) is 4.68. The van der Waals surface area contributed by atoms with Crippen molar-refractivity contribution in [1.29, 1.82) is 0 Å². The van der Waals surface area contributed by atoms with Crippen LogP contribution in [-0.2, 0) is 9.78 Å². The molecule has 0 saturated heterocycles. The summed E-state index contributed by atoms with van der Waals surface area (Å²) in [6.45, 7) is 4.08. The molecule has 7 heavy (non-hydrogen) atoms. The second kappa shape index (κ2) is 4.05. The van der Waals surface area contributed by atoms with E-state index in [1.54, 1.807) is 6.92 Å². The molecule has 0 radical (unpaired) electrons. The molecular weight excluding hydrogens is 94.0 g/mol. The molecule has 0 bridgehead atoms. The maximum atomic E-state index is 5.13. The third kappa shape index (κ3) is 5.88. The smallest absolute Gasteiger partial charge is 0.138 e. The number of nitrogens with two attached hydrogens (primary N) is 1. The monoisotopic (exact) mass is 105 g/mol. The van der Waals surface area contributed by atoms with Gasteiger partial charge in [0.2, 0.25) is 0 Å². The van der Waals surface area contributed by atoms with Crippen molar-refractivity contribution < 1.29 is 9.78 Å². The van der Waals surface area contributed by atoms with Gasteiger partial charge in [0.15, 0.2) is 0 Å². The first-order chi connectivity index (χ1) is 3.27. The van der Waals surface area contributed by atoms with Gasteiger partial charge in [-0.15, -0.1) is 0 Å². The third-order valence-electron chi connectivity index (χ3n) is 0.338. The number of hydrogen-bond acceptors (Lipinski definition) is 3. The molecule has 0 aliphatic carbocycles. The summed E-state index contributed by atoms with van der Waals surface area (Å²) < 4.78 is 0. The van der Waals surface area contributed by atoms with Gasteiger partial charge in [-0.2, -0.15) is 0 Å². The van der Waals surface area contributed by atoms with E-state index in [4.69, 9.17) is 5.73 Å². The lowest BCUT2D eigenvalue weighted by Crippen LogP contribution is -2.19. The van der Waals surface area contributed by atoms with Crippen molar-refractivity contribution in [3.8, 4) is 0 Å². The summed E-state index contributed by atoms with van der Waals surface area (Å²) >= 11 is 0. The molecule has 2 N–H and O–H groups in total. The lowest BCUT2D eigenvalue weighted by molar-refractivity contribution is -0.316. The molecule has 0 aromatic carbocycles. The molecule has 3 heteroatoms. The molecule has 3 nitrogen and oxygen atoms in total. The van der Waals surface area contributed by atoms with Gasteiger partial charge in [0.1, 0.15) is 6.23 Å². The normalized spacial score (nSPS) is 14.1. The summed E-state index contributed by atoms with van der Waals surface area (Å²) in [6, 6.07) is 0. The van der Waals surface area contributed by atoms with Gasteiger partial charge in [-0.25, -0.2) is 9.78 Å². The highest BCUT2D eigenvalue weighted by atomic mass is 17.2. The minimum Gasteiger partial charge on any atom is -0.304 e. The molecule has 0 aliphatic rings. The van der Waals surface area contributed by atoms with E-state index < -0.39 is 0 Å². The molecule has 0 aromatic rings. The van der Waals surface area contributed by atoms with Crippen molar-refractivity contribution in [3.63, 3.8) is 0 Å². The summed E-state index contributed by atoms with van der Waals surface area (Å²) in [5.41, 5.74) is 5.13. The van der Waals surface area contributed by atoms with E-state index in [-0.39, 0.29) is 6.23 Å². The molecule has 0 heterocycles. The fourth-order valence-electron chi connectivity index (χ4n) is 0.175. The molecule has 0 aliphatic heterocycles. The lowest BCUT2D eigenvalue weighted by atomic mass is 10.7. The van der Waals surface area contributed by atoms with Gasteiger partial charge in [-0.3, -0.25) is 0 Å². The maximum Gasteiger partial charge on any atom is 0.138 e. The Hall–Kier alpha value is -0.120. The fourth-order valence-corrected chi connectivity index (χ4v) is 0.175. The van der Waals surface area contributed by atoms with E-state index in [1.807, 2.05) is 6.92 Å². The summed E-state index contributed by atoms with van der Waals surface area (Å²) in [4.78, 5) is 8.94. The molecule has 0 spiro atoms. The quantitative estimate of drug-likeness (QED) is 0.318. The van der Waals surface area contributed by atoms with Crippen molar-refractivity contribution in [2.75, 3.05) is 6.61 Å². The summed E-state index contributed by atoms with van der Waals surface area (Å²) in [5, 5.41) is 0. The van der Waals surface area contributed by atoms with Gasteiger partial charge >= 0.3 is 0 Å². The fraction of sp³-hybridized carbons (Fsp3) is 1.00. The van der Waals surface area contributed by atoms with Gasteiger partial charge in [0.25, 0.3) is 0 Å². The maximum absolute atomic E-state index is 5.13. The Kier molecular flexibility index (Phi) is 3.98. The second-order valence-corrected chi connectivity index (χ2v) is 1.21. The molecule has 0 saturated carbocycles. The molecule has 0 amide bonds. The Morgan fingerprint density at radius 1 is 1.71 bits per heavy atom. The standard InChI is InChI=1S/C4H11NO2/c1-3-6-7-4(2)5/h4H,3,5H2,1-2H3. The SMILES string of the molecule is CCOOC(C)N. The predicted molar refractivity (Wildman–Crippen MR) is 26.4 cm³/mol. The van der Waals surface area contributed by atoms with Gasteiger partial charge in [-0.05, 0) is 13.8 Å². The Balaban J connectivity index is 2.68. The Morgan fingerprint density at radius 3 is 2.43 bits per heavy atom. The summed E-state index contributed by atoms with van der Waals surface area (Å²) in [6.07, 6.45) is -0.319. The summed E-state index contributed by atoms with van der Waals surface area (Å²) in [7, 11) is 0. The van der Waals surface area contributed by atoms with Gasteiger partial charge in [0.05, 0.1) is 6.61 Å². The van der Waals surface area contributed by atoms with E-state index in [2.05, 4.69) is 9.78 Å². The molecule has 1 unspecified atom stereocenters. The van der Waals surface area contributed by atoms with Crippen molar-refractivity contribution in [3.05, 3.63) is 0 Å². The number of hydrogen-bond donors (Lipinski definition) is 1. The Bertz CT molecular complexity index is 38.7. The number of rotatable bonds is 3. The van der Waals surface area contributed by atoms with Gasteiger partial charge in [0, 0.05) is 0 Å². The minimum atomic E-state index is -0.319. The topological polar surface area (TPSA) is 44.5 Å². The van der Waals surface area contributed by atoms with Crippen molar-refractivity contribution >= 4 is 0 Å². The van der Waals surface area contributed by atoms with Gasteiger partial charge < -0.3 is 5.73 Å². The van der Waals surface area contributed by atoms with Crippen LogP contribution in [0.25, 0.3) is 0 Å². The molecule has 0 aromatic heterocycles. The van der Waals surface area contributed by atoms with Crippen LogP contribution in [0, 0.1) is 0 Å². The zero-order chi connectivity index (χ0) is 5.70. The van der Waals surface area contributed by atoms with E-state index >= 15 is 0 Å². The average Bonchev–Trinajstić information content (AvgIpc) is 1.61. The van der Waals surface area contributed by atoms with E-state index in [0.29, 0.717) is 6.61 Å². The minimum absolute atomic E-state index is 0.319. The van der Waals surface area contributed by atoms with Crippen LogP contribution in [0.3, 0.4) is 0 Å². The van der Waals surface area contributed by atoms with E-state index in [9.17, 15) is 0 Å². The summed E-state index contributed by atoms with van der Waals surface area (Å²) in [5.74, 6) is 0. The molecular formula is C4H11NO2. The van der Waals surface area contributed by atoms with Crippen molar-refractivity contribution in [2.45, 2.75) is 20.1 Å². The molecule has 0 fully saturated rings. The predicted octanol–water partition coefficient (Wildman–Crippen LogP) is 0.259. The molecule has 44 valence electrons. The first kappa shape index (κ1) is 6.88. The third-order valence-corrected chi connectivity index (χ3v) is 0.338.